The Balaban J connectivity index is 1.97. The van der Waals surface area contributed by atoms with E-state index in [4.69, 9.17) is 4.74 Å². The number of thiophene rings is 1. The summed E-state index contributed by atoms with van der Waals surface area (Å²) in [6, 6.07) is 7.13. The quantitative estimate of drug-likeness (QED) is 0.693. The number of amides is 1. The van der Waals surface area contributed by atoms with Crippen molar-refractivity contribution in [3.05, 3.63) is 50.3 Å². The lowest BCUT2D eigenvalue weighted by molar-refractivity contribution is 0.0525. The van der Waals surface area contributed by atoms with Crippen LogP contribution >= 0.6 is 27.3 Å². The molecular formula is C19H20BrNO3S. The maximum atomic E-state index is 12.6. The van der Waals surface area contributed by atoms with Crippen LogP contribution < -0.4 is 5.32 Å². The molecule has 0 saturated heterocycles. The van der Waals surface area contributed by atoms with Crippen molar-refractivity contribution >= 4 is 44.1 Å². The van der Waals surface area contributed by atoms with Crippen LogP contribution in [0, 0.1) is 0 Å². The number of hydrogen-bond donors (Lipinski definition) is 1. The summed E-state index contributed by atoms with van der Waals surface area (Å²) >= 11 is 4.85. The van der Waals surface area contributed by atoms with E-state index in [-0.39, 0.29) is 17.3 Å². The molecule has 0 radical (unpaired) electrons. The van der Waals surface area contributed by atoms with E-state index in [1.165, 1.54) is 16.2 Å². The van der Waals surface area contributed by atoms with Crippen molar-refractivity contribution in [1.82, 2.24) is 0 Å². The van der Waals surface area contributed by atoms with E-state index in [9.17, 15) is 9.59 Å². The van der Waals surface area contributed by atoms with Gasteiger partial charge in [-0.25, -0.2) is 4.79 Å². The van der Waals surface area contributed by atoms with E-state index in [2.05, 4.69) is 35.1 Å². The monoisotopic (exact) mass is 421 g/mol. The summed E-state index contributed by atoms with van der Waals surface area (Å²) in [6.45, 7) is 6.36. The first kappa shape index (κ1) is 18.1. The topological polar surface area (TPSA) is 55.4 Å². The molecule has 1 aromatic carbocycles. The minimum absolute atomic E-state index is 0.0888. The molecular weight excluding hydrogens is 402 g/mol. The Morgan fingerprint density at radius 1 is 1.28 bits per heavy atom. The molecule has 1 aliphatic rings. The SMILES string of the molecule is CCOC(=O)c1c(NC(=O)c2ccc(Br)cc2)sc2c1C(C)(C)CC2. The van der Waals surface area contributed by atoms with Crippen molar-refractivity contribution in [2.45, 2.75) is 39.0 Å². The molecule has 4 nitrogen and oxygen atoms in total. The van der Waals surface area contributed by atoms with Crippen molar-refractivity contribution < 1.29 is 14.3 Å². The molecule has 1 aliphatic carbocycles. The van der Waals surface area contributed by atoms with Gasteiger partial charge in [-0.3, -0.25) is 4.79 Å². The van der Waals surface area contributed by atoms with Gasteiger partial charge in [-0.2, -0.15) is 0 Å². The average Bonchev–Trinajstić information content (AvgIpc) is 3.06. The number of fused-ring (bicyclic) bond motifs is 1. The standard InChI is InChI=1S/C19H20BrNO3S/c1-4-24-18(23)14-15-13(9-10-19(15,2)3)25-17(14)21-16(22)11-5-7-12(20)8-6-11/h5-8H,4,9-10H2,1-3H3,(H,21,22). The fourth-order valence-corrected chi connectivity index (χ4v) is 4.81. The van der Waals surface area contributed by atoms with E-state index in [0.717, 1.165) is 22.9 Å². The number of rotatable bonds is 4. The molecule has 1 aromatic heterocycles. The molecule has 2 aromatic rings. The number of carbonyl (C=O) groups excluding carboxylic acids is 2. The van der Waals surface area contributed by atoms with Gasteiger partial charge in [-0.05, 0) is 55.0 Å². The van der Waals surface area contributed by atoms with Crippen LogP contribution in [-0.4, -0.2) is 18.5 Å². The molecule has 0 bridgehead atoms. The van der Waals surface area contributed by atoms with E-state index >= 15 is 0 Å². The zero-order valence-electron chi connectivity index (χ0n) is 14.4. The molecule has 0 atom stereocenters. The smallest absolute Gasteiger partial charge is 0.341 e. The lowest BCUT2D eigenvalue weighted by Crippen LogP contribution is -2.20. The molecule has 0 saturated carbocycles. The van der Waals surface area contributed by atoms with Gasteiger partial charge in [0.1, 0.15) is 5.00 Å². The maximum Gasteiger partial charge on any atom is 0.341 e. The molecule has 0 unspecified atom stereocenters. The fourth-order valence-electron chi connectivity index (χ4n) is 3.18. The van der Waals surface area contributed by atoms with Crippen molar-refractivity contribution in [3.8, 4) is 0 Å². The molecule has 25 heavy (non-hydrogen) atoms. The molecule has 3 rings (SSSR count). The third kappa shape index (κ3) is 3.51. The highest BCUT2D eigenvalue weighted by molar-refractivity contribution is 9.10. The first-order valence-electron chi connectivity index (χ1n) is 8.23. The van der Waals surface area contributed by atoms with Gasteiger partial charge in [-0.15, -0.1) is 11.3 Å². The fraction of sp³-hybridized carbons (Fsp3) is 0.368. The Morgan fingerprint density at radius 2 is 1.96 bits per heavy atom. The molecule has 1 N–H and O–H groups in total. The highest BCUT2D eigenvalue weighted by Crippen LogP contribution is 2.48. The van der Waals surface area contributed by atoms with Crippen LogP contribution in [0.5, 0.6) is 0 Å². The molecule has 1 heterocycles. The number of nitrogens with one attached hydrogen (secondary N) is 1. The number of anilines is 1. The van der Waals surface area contributed by atoms with Crippen LogP contribution in [0.1, 0.15) is 58.3 Å². The zero-order valence-corrected chi connectivity index (χ0v) is 16.8. The number of esters is 1. The Bertz CT molecular complexity index is 824. The number of benzene rings is 1. The van der Waals surface area contributed by atoms with E-state index in [1.807, 2.05) is 12.1 Å². The second-order valence-electron chi connectivity index (χ2n) is 6.67. The van der Waals surface area contributed by atoms with Crippen molar-refractivity contribution in [1.29, 1.82) is 0 Å². The lowest BCUT2D eigenvalue weighted by atomic mass is 9.85. The average molecular weight is 422 g/mol. The summed E-state index contributed by atoms with van der Waals surface area (Å²) in [6.07, 6.45) is 1.93. The molecule has 132 valence electrons. The second-order valence-corrected chi connectivity index (χ2v) is 8.69. The Kier molecular flexibility index (Phi) is 5.02. The highest BCUT2D eigenvalue weighted by atomic mass is 79.9. The molecule has 0 fully saturated rings. The van der Waals surface area contributed by atoms with Gasteiger partial charge in [0.2, 0.25) is 0 Å². The predicted octanol–water partition coefficient (Wildman–Crippen LogP) is 5.16. The third-order valence-corrected chi connectivity index (χ3v) is 6.14. The number of hydrogen-bond acceptors (Lipinski definition) is 4. The largest absolute Gasteiger partial charge is 0.462 e. The van der Waals surface area contributed by atoms with Crippen LogP contribution in [0.2, 0.25) is 0 Å². The summed E-state index contributed by atoms with van der Waals surface area (Å²) in [7, 11) is 0. The van der Waals surface area contributed by atoms with Crippen LogP contribution in [0.3, 0.4) is 0 Å². The van der Waals surface area contributed by atoms with Gasteiger partial charge in [-0.1, -0.05) is 29.8 Å². The van der Waals surface area contributed by atoms with Gasteiger partial charge < -0.3 is 10.1 Å². The number of ether oxygens (including phenoxy) is 1. The zero-order chi connectivity index (χ0) is 18.2. The maximum absolute atomic E-state index is 12.6. The normalized spacial score (nSPS) is 14.9. The van der Waals surface area contributed by atoms with E-state index in [0.29, 0.717) is 22.7 Å². The van der Waals surface area contributed by atoms with Gasteiger partial charge >= 0.3 is 5.97 Å². The molecule has 6 heteroatoms. The van der Waals surface area contributed by atoms with Crippen molar-refractivity contribution in [2.24, 2.45) is 0 Å². The van der Waals surface area contributed by atoms with Crippen LogP contribution in [0.15, 0.2) is 28.7 Å². The summed E-state index contributed by atoms with van der Waals surface area (Å²) in [5.41, 5.74) is 2.01. The molecule has 0 spiro atoms. The lowest BCUT2D eigenvalue weighted by Gasteiger charge is -2.20. The highest BCUT2D eigenvalue weighted by Gasteiger charge is 2.39. The predicted molar refractivity (Wildman–Crippen MR) is 104 cm³/mol. The summed E-state index contributed by atoms with van der Waals surface area (Å²) in [5.74, 6) is -0.586. The minimum Gasteiger partial charge on any atom is -0.462 e. The molecule has 1 amide bonds. The third-order valence-electron chi connectivity index (χ3n) is 4.45. The minimum atomic E-state index is -0.360. The van der Waals surface area contributed by atoms with E-state index in [1.54, 1.807) is 19.1 Å². The Hall–Kier alpha value is -1.66. The summed E-state index contributed by atoms with van der Waals surface area (Å²) in [5, 5.41) is 3.50. The Morgan fingerprint density at radius 3 is 2.60 bits per heavy atom. The van der Waals surface area contributed by atoms with Crippen LogP contribution in [0.4, 0.5) is 5.00 Å². The number of halogens is 1. The van der Waals surface area contributed by atoms with Crippen LogP contribution in [-0.2, 0) is 16.6 Å². The van der Waals surface area contributed by atoms with Gasteiger partial charge in [0.15, 0.2) is 0 Å². The number of aryl methyl sites for hydroxylation is 1. The first-order valence-corrected chi connectivity index (χ1v) is 9.84. The second kappa shape index (κ2) is 6.92. The summed E-state index contributed by atoms with van der Waals surface area (Å²) < 4.78 is 6.17. The summed E-state index contributed by atoms with van der Waals surface area (Å²) in [4.78, 5) is 26.3. The Labute approximate surface area is 159 Å². The van der Waals surface area contributed by atoms with Gasteiger partial charge in [0, 0.05) is 14.9 Å². The first-order chi connectivity index (χ1) is 11.8. The van der Waals surface area contributed by atoms with Gasteiger partial charge in [0.25, 0.3) is 5.91 Å². The van der Waals surface area contributed by atoms with Crippen molar-refractivity contribution in [3.63, 3.8) is 0 Å². The number of carbonyl (C=O) groups is 2. The van der Waals surface area contributed by atoms with Crippen LogP contribution in [0.25, 0.3) is 0 Å². The van der Waals surface area contributed by atoms with Gasteiger partial charge in [0.05, 0.1) is 12.2 Å². The molecule has 0 aliphatic heterocycles. The van der Waals surface area contributed by atoms with E-state index < -0.39 is 0 Å². The van der Waals surface area contributed by atoms with Crippen molar-refractivity contribution in [2.75, 3.05) is 11.9 Å².